The predicted molar refractivity (Wildman–Crippen MR) is 105 cm³/mol. The Morgan fingerprint density at radius 1 is 1.15 bits per heavy atom. The van der Waals surface area contributed by atoms with Crippen LogP contribution in [-0.4, -0.2) is 21.4 Å². The summed E-state index contributed by atoms with van der Waals surface area (Å²) in [5.41, 5.74) is 10.2. The van der Waals surface area contributed by atoms with E-state index in [1.807, 2.05) is 40.1 Å². The number of hydrogen-bond acceptors (Lipinski definition) is 5. The molecule has 0 bridgehead atoms. The fraction of sp³-hybridized carbons (Fsp3) is 0.158. The van der Waals surface area contributed by atoms with Crippen molar-refractivity contribution in [2.75, 3.05) is 17.7 Å². The molecule has 3 heterocycles. The zero-order valence-electron chi connectivity index (χ0n) is 14.5. The van der Waals surface area contributed by atoms with Gasteiger partial charge in [0.1, 0.15) is 17.3 Å². The Labute approximate surface area is 154 Å². The summed E-state index contributed by atoms with van der Waals surface area (Å²) in [6.45, 7) is 2.08. The molecule has 3 aromatic heterocycles. The number of thiazole rings is 1. The molecule has 26 heavy (non-hydrogen) atoms. The first-order valence-corrected chi connectivity index (χ1v) is 9.16. The number of anilines is 3. The van der Waals surface area contributed by atoms with E-state index in [1.165, 1.54) is 23.5 Å². The molecular formula is C19H18FN5S. The van der Waals surface area contributed by atoms with Crippen LogP contribution in [0.4, 0.5) is 21.0 Å². The first-order chi connectivity index (χ1) is 12.6. The molecule has 0 radical (unpaired) electrons. The molecule has 0 unspecified atom stereocenters. The number of pyridine rings is 1. The molecule has 0 fully saturated rings. The summed E-state index contributed by atoms with van der Waals surface area (Å²) < 4.78 is 15.1. The fourth-order valence-electron chi connectivity index (χ4n) is 2.95. The molecule has 0 spiro atoms. The summed E-state index contributed by atoms with van der Waals surface area (Å²) in [6.07, 6.45) is 2.68. The molecule has 0 saturated heterocycles. The Morgan fingerprint density at radius 3 is 2.65 bits per heavy atom. The van der Waals surface area contributed by atoms with Crippen LogP contribution >= 0.6 is 11.3 Å². The second kappa shape index (κ2) is 6.42. The maximum absolute atomic E-state index is 13.1. The van der Waals surface area contributed by atoms with Crippen molar-refractivity contribution in [3.8, 4) is 11.3 Å². The Morgan fingerprint density at radius 2 is 1.92 bits per heavy atom. The standard InChI is InChI=1S/C19H18FN5S/c1-3-15-18(25-10-14(21)8-9-17(25)22-15)24(2)19-23-16(11-26-19)12-4-6-13(20)7-5-12/h4-11H,3,21H2,1-2H3. The van der Waals surface area contributed by atoms with Gasteiger partial charge in [-0.1, -0.05) is 6.92 Å². The fourth-order valence-corrected chi connectivity index (χ4v) is 3.75. The Kier molecular flexibility index (Phi) is 4.08. The van der Waals surface area contributed by atoms with Crippen LogP contribution in [0.2, 0.25) is 0 Å². The van der Waals surface area contributed by atoms with E-state index in [4.69, 9.17) is 15.7 Å². The van der Waals surface area contributed by atoms with E-state index >= 15 is 0 Å². The molecular weight excluding hydrogens is 349 g/mol. The predicted octanol–water partition coefficient (Wildman–Crippen LogP) is 4.51. The van der Waals surface area contributed by atoms with Crippen molar-refractivity contribution in [3.63, 3.8) is 0 Å². The molecule has 0 amide bonds. The molecule has 0 aliphatic rings. The minimum Gasteiger partial charge on any atom is -0.398 e. The largest absolute Gasteiger partial charge is 0.398 e. The zero-order valence-corrected chi connectivity index (χ0v) is 15.3. The number of hydrogen-bond donors (Lipinski definition) is 1. The molecule has 0 saturated carbocycles. The Balaban J connectivity index is 1.76. The molecule has 0 atom stereocenters. The lowest BCUT2D eigenvalue weighted by Crippen LogP contribution is -2.13. The van der Waals surface area contributed by atoms with Gasteiger partial charge in [-0.15, -0.1) is 11.3 Å². The lowest BCUT2D eigenvalue weighted by Gasteiger charge is -2.17. The molecule has 5 nitrogen and oxygen atoms in total. The van der Waals surface area contributed by atoms with E-state index < -0.39 is 0 Å². The second-order valence-electron chi connectivity index (χ2n) is 6.01. The van der Waals surface area contributed by atoms with Gasteiger partial charge in [-0.25, -0.2) is 14.4 Å². The second-order valence-corrected chi connectivity index (χ2v) is 6.84. The molecule has 4 aromatic rings. The highest BCUT2D eigenvalue weighted by molar-refractivity contribution is 7.14. The van der Waals surface area contributed by atoms with Crippen molar-refractivity contribution >= 4 is 33.6 Å². The number of aryl methyl sites for hydroxylation is 1. The zero-order chi connectivity index (χ0) is 18.3. The smallest absolute Gasteiger partial charge is 0.191 e. The van der Waals surface area contributed by atoms with Gasteiger partial charge in [0.15, 0.2) is 5.13 Å². The number of nitrogens with two attached hydrogens (primary N) is 1. The van der Waals surface area contributed by atoms with Crippen molar-refractivity contribution in [2.24, 2.45) is 0 Å². The summed E-state index contributed by atoms with van der Waals surface area (Å²) in [7, 11) is 1.97. The molecule has 7 heteroatoms. The van der Waals surface area contributed by atoms with Crippen LogP contribution in [0.5, 0.6) is 0 Å². The lowest BCUT2D eigenvalue weighted by atomic mass is 10.2. The Hall–Kier alpha value is -2.93. The quantitative estimate of drug-likeness (QED) is 0.576. The van der Waals surface area contributed by atoms with Crippen LogP contribution in [-0.2, 0) is 6.42 Å². The van der Waals surface area contributed by atoms with Crippen LogP contribution in [0.1, 0.15) is 12.6 Å². The number of nitrogens with zero attached hydrogens (tertiary/aromatic N) is 4. The highest BCUT2D eigenvalue weighted by Gasteiger charge is 2.19. The number of benzene rings is 1. The highest BCUT2D eigenvalue weighted by atomic mass is 32.1. The summed E-state index contributed by atoms with van der Waals surface area (Å²) in [6, 6.07) is 10.1. The highest BCUT2D eigenvalue weighted by Crippen LogP contribution is 2.33. The SMILES string of the molecule is CCc1nc2ccc(N)cn2c1N(C)c1nc(-c2ccc(F)cc2)cs1. The summed E-state index contributed by atoms with van der Waals surface area (Å²) >= 11 is 1.54. The van der Waals surface area contributed by atoms with Gasteiger partial charge in [-0.05, 0) is 42.8 Å². The first kappa shape index (κ1) is 16.5. The van der Waals surface area contributed by atoms with E-state index in [-0.39, 0.29) is 5.82 Å². The van der Waals surface area contributed by atoms with E-state index in [0.717, 1.165) is 40.0 Å². The van der Waals surface area contributed by atoms with E-state index in [2.05, 4.69) is 6.92 Å². The van der Waals surface area contributed by atoms with Crippen molar-refractivity contribution in [1.82, 2.24) is 14.4 Å². The van der Waals surface area contributed by atoms with E-state index in [9.17, 15) is 4.39 Å². The molecule has 1 aromatic carbocycles. The number of fused-ring (bicyclic) bond motifs is 1. The van der Waals surface area contributed by atoms with Crippen LogP contribution < -0.4 is 10.6 Å². The monoisotopic (exact) mass is 367 g/mol. The van der Waals surface area contributed by atoms with Crippen LogP contribution in [0.3, 0.4) is 0 Å². The normalized spacial score (nSPS) is 11.2. The minimum atomic E-state index is -0.253. The van der Waals surface area contributed by atoms with Crippen molar-refractivity contribution in [1.29, 1.82) is 0 Å². The number of rotatable bonds is 4. The molecule has 2 N–H and O–H groups in total. The first-order valence-electron chi connectivity index (χ1n) is 8.28. The minimum absolute atomic E-state index is 0.253. The number of nitrogen functional groups attached to an aromatic ring is 1. The van der Waals surface area contributed by atoms with Gasteiger partial charge >= 0.3 is 0 Å². The topological polar surface area (TPSA) is 59.4 Å². The molecule has 0 aliphatic heterocycles. The summed E-state index contributed by atoms with van der Waals surface area (Å²) in [4.78, 5) is 11.4. The third kappa shape index (κ3) is 2.80. The van der Waals surface area contributed by atoms with Crippen molar-refractivity contribution < 1.29 is 4.39 Å². The molecule has 0 aliphatic carbocycles. The van der Waals surface area contributed by atoms with Gasteiger partial charge in [-0.2, -0.15) is 0 Å². The van der Waals surface area contributed by atoms with Gasteiger partial charge in [0.25, 0.3) is 0 Å². The van der Waals surface area contributed by atoms with Crippen LogP contribution in [0, 0.1) is 5.82 Å². The van der Waals surface area contributed by atoms with Gasteiger partial charge in [-0.3, -0.25) is 4.40 Å². The van der Waals surface area contributed by atoms with E-state index in [0.29, 0.717) is 5.69 Å². The maximum atomic E-state index is 13.1. The average Bonchev–Trinajstić information content (AvgIpc) is 3.26. The average molecular weight is 367 g/mol. The van der Waals surface area contributed by atoms with Gasteiger partial charge in [0.2, 0.25) is 0 Å². The van der Waals surface area contributed by atoms with Crippen molar-refractivity contribution in [2.45, 2.75) is 13.3 Å². The summed E-state index contributed by atoms with van der Waals surface area (Å²) in [5.74, 6) is 0.701. The number of imidazole rings is 1. The van der Waals surface area contributed by atoms with Crippen molar-refractivity contribution in [3.05, 3.63) is 59.5 Å². The third-order valence-corrected chi connectivity index (χ3v) is 5.17. The van der Waals surface area contributed by atoms with Gasteiger partial charge in [0, 0.05) is 29.9 Å². The Bertz CT molecular complexity index is 1070. The van der Waals surface area contributed by atoms with Crippen LogP contribution in [0.15, 0.2) is 48.0 Å². The summed E-state index contributed by atoms with van der Waals surface area (Å²) in [5, 5.41) is 2.81. The molecule has 4 rings (SSSR count). The number of aromatic nitrogens is 3. The third-order valence-electron chi connectivity index (χ3n) is 4.26. The maximum Gasteiger partial charge on any atom is 0.191 e. The molecule has 132 valence electrons. The lowest BCUT2D eigenvalue weighted by molar-refractivity contribution is 0.628. The van der Waals surface area contributed by atoms with Crippen LogP contribution in [0.25, 0.3) is 16.9 Å². The van der Waals surface area contributed by atoms with E-state index in [1.54, 1.807) is 12.1 Å². The van der Waals surface area contributed by atoms with Gasteiger partial charge < -0.3 is 10.6 Å². The number of halogens is 1. The van der Waals surface area contributed by atoms with Gasteiger partial charge in [0.05, 0.1) is 11.4 Å².